The van der Waals surface area contributed by atoms with E-state index in [1.807, 2.05) is 54.6 Å². The van der Waals surface area contributed by atoms with Gasteiger partial charge >= 0.3 is 5.69 Å². The Morgan fingerprint density at radius 3 is 2.36 bits per heavy atom. The number of rotatable bonds is 5. The molecule has 0 fully saturated rings. The number of hydrogen-bond acceptors (Lipinski definition) is 4. The summed E-state index contributed by atoms with van der Waals surface area (Å²) in [5.74, 6) is 0.120. The van der Waals surface area contributed by atoms with Crippen molar-refractivity contribution in [3.8, 4) is 0 Å². The number of nitrogen functional groups attached to an aromatic ring is 1. The highest BCUT2D eigenvalue weighted by Crippen LogP contribution is 2.15. The maximum absolute atomic E-state index is 12.1. The second kappa shape index (κ2) is 7.40. The Kier molecular flexibility index (Phi) is 5.04. The van der Waals surface area contributed by atoms with Gasteiger partial charge in [-0.1, -0.05) is 58.4 Å². The van der Waals surface area contributed by atoms with Gasteiger partial charge in [0.25, 0.3) is 5.56 Å². The van der Waals surface area contributed by atoms with Gasteiger partial charge in [-0.25, -0.2) is 4.79 Å². The fourth-order valence-electron chi connectivity index (χ4n) is 2.47. The van der Waals surface area contributed by atoms with E-state index in [2.05, 4.69) is 26.2 Å². The molecular formula is C18H17BrN4O2. The van der Waals surface area contributed by atoms with E-state index in [9.17, 15) is 9.59 Å². The van der Waals surface area contributed by atoms with Crippen molar-refractivity contribution in [3.63, 3.8) is 0 Å². The summed E-state index contributed by atoms with van der Waals surface area (Å²) in [6, 6.07) is 17.2. The zero-order valence-corrected chi connectivity index (χ0v) is 14.9. The lowest BCUT2D eigenvalue weighted by atomic mass is 10.2. The lowest BCUT2D eigenvalue weighted by Crippen LogP contribution is -2.34. The lowest BCUT2D eigenvalue weighted by Gasteiger charge is -2.14. The van der Waals surface area contributed by atoms with Crippen molar-refractivity contribution in [1.82, 2.24) is 9.55 Å². The van der Waals surface area contributed by atoms with Gasteiger partial charge in [0.2, 0.25) is 0 Å². The second-order valence-corrected chi connectivity index (χ2v) is 6.49. The third-order valence-electron chi connectivity index (χ3n) is 3.81. The summed E-state index contributed by atoms with van der Waals surface area (Å²) in [6.07, 6.45) is 0. The molecule has 3 rings (SSSR count). The van der Waals surface area contributed by atoms with Gasteiger partial charge < -0.3 is 11.1 Å². The monoisotopic (exact) mass is 400 g/mol. The van der Waals surface area contributed by atoms with E-state index in [4.69, 9.17) is 5.73 Å². The van der Waals surface area contributed by atoms with Crippen LogP contribution in [-0.2, 0) is 13.1 Å². The molecule has 128 valence electrons. The topological polar surface area (TPSA) is 92.9 Å². The number of benzene rings is 2. The quantitative estimate of drug-likeness (QED) is 0.613. The van der Waals surface area contributed by atoms with Crippen LogP contribution in [0, 0.1) is 0 Å². The normalized spacial score (nSPS) is 10.6. The van der Waals surface area contributed by atoms with Gasteiger partial charge in [0, 0.05) is 11.0 Å². The molecule has 4 N–H and O–H groups in total. The average Bonchev–Trinajstić information content (AvgIpc) is 2.61. The van der Waals surface area contributed by atoms with Crippen LogP contribution in [0.4, 0.5) is 11.5 Å². The van der Waals surface area contributed by atoms with Crippen molar-refractivity contribution in [2.45, 2.75) is 13.1 Å². The van der Waals surface area contributed by atoms with Crippen LogP contribution >= 0.6 is 15.9 Å². The Labute approximate surface area is 152 Å². The van der Waals surface area contributed by atoms with E-state index in [-0.39, 0.29) is 18.1 Å². The van der Waals surface area contributed by atoms with Crippen LogP contribution in [0.2, 0.25) is 0 Å². The summed E-state index contributed by atoms with van der Waals surface area (Å²) in [5.41, 5.74) is 7.14. The molecule has 0 saturated heterocycles. The summed E-state index contributed by atoms with van der Waals surface area (Å²) in [5, 5.41) is 3.03. The molecule has 0 aliphatic heterocycles. The van der Waals surface area contributed by atoms with E-state index >= 15 is 0 Å². The SMILES string of the molecule is Nc1c(NCc2ccc(Br)cc2)c(=O)[nH]c(=O)n1Cc1ccccc1. The van der Waals surface area contributed by atoms with Crippen LogP contribution in [-0.4, -0.2) is 9.55 Å². The lowest BCUT2D eigenvalue weighted by molar-refractivity contribution is 0.733. The Bertz CT molecular complexity index is 979. The number of anilines is 2. The van der Waals surface area contributed by atoms with Crippen molar-refractivity contribution in [2.24, 2.45) is 0 Å². The van der Waals surface area contributed by atoms with Crippen LogP contribution in [0.5, 0.6) is 0 Å². The summed E-state index contributed by atoms with van der Waals surface area (Å²) < 4.78 is 2.32. The standard InChI is InChI=1S/C18H17BrN4O2/c19-14-8-6-12(7-9-14)10-21-15-16(20)23(18(25)22-17(15)24)11-13-4-2-1-3-5-13/h1-9,21H,10-11,20H2,(H,22,24,25). The number of aromatic amines is 1. The van der Waals surface area contributed by atoms with Gasteiger partial charge in [-0.15, -0.1) is 0 Å². The molecule has 0 aliphatic rings. The summed E-state index contributed by atoms with van der Waals surface area (Å²) in [7, 11) is 0. The minimum Gasteiger partial charge on any atom is -0.383 e. The largest absolute Gasteiger partial charge is 0.383 e. The number of nitrogens with zero attached hydrogens (tertiary/aromatic N) is 1. The Balaban J connectivity index is 1.88. The molecule has 0 aliphatic carbocycles. The molecule has 0 amide bonds. The molecule has 6 nitrogen and oxygen atoms in total. The Morgan fingerprint density at radius 1 is 1.00 bits per heavy atom. The highest BCUT2D eigenvalue weighted by Gasteiger charge is 2.12. The van der Waals surface area contributed by atoms with Crippen molar-refractivity contribution in [3.05, 3.63) is 91.0 Å². The van der Waals surface area contributed by atoms with E-state index < -0.39 is 11.2 Å². The van der Waals surface area contributed by atoms with E-state index in [0.717, 1.165) is 15.6 Å². The fraction of sp³-hybridized carbons (Fsp3) is 0.111. The summed E-state index contributed by atoms with van der Waals surface area (Å²) >= 11 is 3.38. The summed E-state index contributed by atoms with van der Waals surface area (Å²) in [4.78, 5) is 26.6. The second-order valence-electron chi connectivity index (χ2n) is 5.57. The number of hydrogen-bond donors (Lipinski definition) is 3. The van der Waals surface area contributed by atoms with Gasteiger partial charge in [0.05, 0.1) is 6.54 Å². The Morgan fingerprint density at radius 2 is 1.68 bits per heavy atom. The first-order chi connectivity index (χ1) is 12.0. The molecule has 25 heavy (non-hydrogen) atoms. The smallest absolute Gasteiger partial charge is 0.330 e. The van der Waals surface area contributed by atoms with Crippen molar-refractivity contribution >= 4 is 27.4 Å². The van der Waals surface area contributed by atoms with E-state index in [1.165, 1.54) is 4.57 Å². The molecule has 3 aromatic rings. The predicted molar refractivity (Wildman–Crippen MR) is 103 cm³/mol. The average molecular weight is 401 g/mol. The molecule has 0 unspecified atom stereocenters. The van der Waals surface area contributed by atoms with Crippen molar-refractivity contribution < 1.29 is 0 Å². The van der Waals surface area contributed by atoms with Gasteiger partial charge in [0.1, 0.15) is 11.5 Å². The van der Waals surface area contributed by atoms with Crippen molar-refractivity contribution in [1.29, 1.82) is 0 Å². The minimum absolute atomic E-state index is 0.120. The number of halogens is 1. The maximum atomic E-state index is 12.1. The number of nitrogens with one attached hydrogen (secondary N) is 2. The molecule has 0 spiro atoms. The molecule has 0 atom stereocenters. The van der Waals surface area contributed by atoms with Gasteiger partial charge in [-0.3, -0.25) is 14.3 Å². The van der Waals surface area contributed by atoms with Crippen LogP contribution in [0.1, 0.15) is 11.1 Å². The molecule has 1 heterocycles. The van der Waals surface area contributed by atoms with Gasteiger partial charge in [0.15, 0.2) is 0 Å². The number of aromatic nitrogens is 2. The third-order valence-corrected chi connectivity index (χ3v) is 4.33. The molecule has 0 radical (unpaired) electrons. The van der Waals surface area contributed by atoms with Crippen LogP contribution < -0.4 is 22.3 Å². The Hall–Kier alpha value is -2.80. The highest BCUT2D eigenvalue weighted by atomic mass is 79.9. The third kappa shape index (κ3) is 4.00. The van der Waals surface area contributed by atoms with Gasteiger partial charge in [-0.2, -0.15) is 0 Å². The molecule has 2 aromatic carbocycles. The maximum Gasteiger partial charge on any atom is 0.330 e. The molecule has 0 saturated carbocycles. The molecular weight excluding hydrogens is 384 g/mol. The van der Waals surface area contributed by atoms with Crippen LogP contribution in [0.3, 0.4) is 0 Å². The molecule has 1 aromatic heterocycles. The highest BCUT2D eigenvalue weighted by molar-refractivity contribution is 9.10. The van der Waals surface area contributed by atoms with Crippen LogP contribution in [0.25, 0.3) is 0 Å². The zero-order valence-electron chi connectivity index (χ0n) is 13.3. The number of H-pyrrole nitrogens is 1. The van der Waals surface area contributed by atoms with E-state index in [0.29, 0.717) is 6.54 Å². The fourth-order valence-corrected chi connectivity index (χ4v) is 2.74. The van der Waals surface area contributed by atoms with Crippen molar-refractivity contribution in [2.75, 3.05) is 11.1 Å². The first kappa shape index (κ1) is 17.0. The molecule has 0 bridgehead atoms. The first-order valence-electron chi connectivity index (χ1n) is 7.69. The minimum atomic E-state index is -0.527. The first-order valence-corrected chi connectivity index (χ1v) is 8.49. The molecule has 7 heteroatoms. The number of nitrogens with two attached hydrogens (primary N) is 1. The zero-order chi connectivity index (χ0) is 17.8. The van der Waals surface area contributed by atoms with Gasteiger partial charge in [-0.05, 0) is 23.3 Å². The van der Waals surface area contributed by atoms with E-state index in [1.54, 1.807) is 0 Å². The predicted octanol–water partition coefficient (Wildman–Crippen LogP) is 2.54. The summed E-state index contributed by atoms with van der Waals surface area (Å²) in [6.45, 7) is 0.708. The van der Waals surface area contributed by atoms with Crippen LogP contribution in [0.15, 0.2) is 68.7 Å².